The Kier molecular flexibility index (Phi) is 6.77. The minimum atomic E-state index is -1.01. The van der Waals surface area contributed by atoms with Crippen LogP contribution in [0.15, 0.2) is 47.4 Å². The zero-order chi connectivity index (χ0) is 20.8. The molecule has 3 rings (SSSR count). The molecule has 0 aliphatic carbocycles. The van der Waals surface area contributed by atoms with Crippen molar-refractivity contribution in [2.24, 2.45) is 0 Å². The average molecular weight is 415 g/mol. The topological polar surface area (TPSA) is 90.9 Å². The molecule has 1 aliphatic rings. The van der Waals surface area contributed by atoms with Crippen molar-refractivity contribution < 1.29 is 28.6 Å². The van der Waals surface area contributed by atoms with E-state index in [2.05, 4.69) is 5.32 Å². The van der Waals surface area contributed by atoms with Gasteiger partial charge in [0.2, 0.25) is 0 Å². The van der Waals surface area contributed by atoms with E-state index in [1.54, 1.807) is 42.5 Å². The van der Waals surface area contributed by atoms with Gasteiger partial charge in [-0.05, 0) is 38.1 Å². The minimum Gasteiger partial charge on any atom is -0.486 e. The maximum Gasteiger partial charge on any atom is 0.340 e. The summed E-state index contributed by atoms with van der Waals surface area (Å²) in [6, 6.07) is 11.9. The van der Waals surface area contributed by atoms with Crippen molar-refractivity contribution >= 4 is 35.1 Å². The lowest BCUT2D eigenvalue weighted by molar-refractivity contribution is -0.123. The summed E-state index contributed by atoms with van der Waals surface area (Å²) < 4.78 is 16.3. The molecule has 29 heavy (non-hydrogen) atoms. The number of ether oxygens (including phenoxy) is 3. The normalized spacial score (nSPS) is 13.3. The van der Waals surface area contributed by atoms with Crippen molar-refractivity contribution in [2.75, 3.05) is 24.3 Å². The zero-order valence-corrected chi connectivity index (χ0v) is 16.9. The van der Waals surface area contributed by atoms with Crippen LogP contribution in [0.25, 0.3) is 0 Å². The largest absolute Gasteiger partial charge is 0.486 e. The van der Waals surface area contributed by atoms with Gasteiger partial charge in [-0.2, -0.15) is 0 Å². The summed E-state index contributed by atoms with van der Waals surface area (Å²) in [5.74, 6) is 0.337. The van der Waals surface area contributed by atoms with Crippen molar-refractivity contribution in [2.45, 2.75) is 24.8 Å². The number of carbonyl (C=O) groups is 3. The first-order valence-electron chi connectivity index (χ1n) is 9.07. The third-order valence-corrected chi connectivity index (χ3v) is 5.22. The standard InChI is InChI=1S/C21H21NO6S/c1-13(23)12-29-19-6-4-3-5-16(19)21(25)28-14(2)20(24)22-15-7-8-17-18(11-15)27-10-9-26-17/h3-8,11,14H,9-10,12H2,1-2H3,(H,22,24)/t14-/m1/s1. The monoisotopic (exact) mass is 415 g/mol. The van der Waals surface area contributed by atoms with E-state index in [0.29, 0.717) is 40.9 Å². The molecule has 7 nitrogen and oxygen atoms in total. The first-order chi connectivity index (χ1) is 13.9. The van der Waals surface area contributed by atoms with Gasteiger partial charge in [0.1, 0.15) is 19.0 Å². The van der Waals surface area contributed by atoms with Gasteiger partial charge in [0, 0.05) is 16.6 Å². The quantitative estimate of drug-likeness (QED) is 0.548. The van der Waals surface area contributed by atoms with E-state index in [0.717, 1.165) is 0 Å². The lowest BCUT2D eigenvalue weighted by Crippen LogP contribution is -2.30. The summed E-state index contributed by atoms with van der Waals surface area (Å²) in [6.45, 7) is 3.91. The molecule has 0 aromatic heterocycles. The summed E-state index contributed by atoms with van der Waals surface area (Å²) in [7, 11) is 0. The minimum absolute atomic E-state index is 0.00495. The van der Waals surface area contributed by atoms with Crippen molar-refractivity contribution in [3.05, 3.63) is 48.0 Å². The van der Waals surface area contributed by atoms with Gasteiger partial charge < -0.3 is 19.5 Å². The number of nitrogens with one attached hydrogen (secondary N) is 1. The second kappa shape index (κ2) is 9.47. The molecule has 0 fully saturated rings. The first kappa shape index (κ1) is 20.7. The Balaban J connectivity index is 1.62. The Morgan fingerprint density at radius 2 is 1.83 bits per heavy atom. The highest BCUT2D eigenvalue weighted by atomic mass is 32.2. The molecule has 1 atom stereocenters. The Morgan fingerprint density at radius 1 is 1.10 bits per heavy atom. The molecule has 152 valence electrons. The highest BCUT2D eigenvalue weighted by Gasteiger charge is 2.22. The Morgan fingerprint density at radius 3 is 2.59 bits per heavy atom. The van der Waals surface area contributed by atoms with E-state index in [4.69, 9.17) is 14.2 Å². The number of esters is 1. The van der Waals surface area contributed by atoms with Crippen molar-refractivity contribution in [3.8, 4) is 11.5 Å². The molecule has 1 heterocycles. The highest BCUT2D eigenvalue weighted by molar-refractivity contribution is 8.00. The van der Waals surface area contributed by atoms with Crippen LogP contribution in [0.3, 0.4) is 0 Å². The molecule has 1 aliphatic heterocycles. The molecule has 0 bridgehead atoms. The number of hydrogen-bond donors (Lipinski definition) is 1. The van der Waals surface area contributed by atoms with Crippen LogP contribution in [0, 0.1) is 0 Å². The number of rotatable bonds is 7. The van der Waals surface area contributed by atoms with Crippen LogP contribution in [0.2, 0.25) is 0 Å². The number of amides is 1. The van der Waals surface area contributed by atoms with Crippen LogP contribution >= 0.6 is 11.8 Å². The number of fused-ring (bicyclic) bond motifs is 1. The SMILES string of the molecule is CC(=O)CSc1ccccc1C(=O)O[C@H](C)C(=O)Nc1ccc2c(c1)OCCO2. The summed E-state index contributed by atoms with van der Waals surface area (Å²) in [5, 5.41) is 2.70. The van der Waals surface area contributed by atoms with E-state index < -0.39 is 18.0 Å². The second-order valence-corrected chi connectivity index (χ2v) is 7.40. The predicted octanol–water partition coefficient (Wildman–Crippen LogP) is 3.32. The third kappa shape index (κ3) is 5.51. The molecule has 1 N–H and O–H groups in total. The van der Waals surface area contributed by atoms with Crippen LogP contribution < -0.4 is 14.8 Å². The molecule has 0 unspecified atom stereocenters. The van der Waals surface area contributed by atoms with Gasteiger partial charge in [0.05, 0.1) is 11.3 Å². The van der Waals surface area contributed by atoms with E-state index in [9.17, 15) is 14.4 Å². The number of Topliss-reactive ketones (excluding diaryl/α,β-unsaturated/α-hetero) is 1. The number of anilines is 1. The zero-order valence-electron chi connectivity index (χ0n) is 16.1. The van der Waals surface area contributed by atoms with Crippen molar-refractivity contribution in [1.29, 1.82) is 0 Å². The van der Waals surface area contributed by atoms with Crippen LogP contribution in [0.1, 0.15) is 24.2 Å². The van der Waals surface area contributed by atoms with Crippen molar-refractivity contribution in [1.82, 2.24) is 0 Å². The maximum absolute atomic E-state index is 12.5. The van der Waals surface area contributed by atoms with E-state index in [1.807, 2.05) is 0 Å². The lowest BCUT2D eigenvalue weighted by atomic mass is 10.2. The van der Waals surface area contributed by atoms with Gasteiger partial charge in [-0.15, -0.1) is 11.8 Å². The number of ketones is 1. The molecule has 0 radical (unpaired) electrons. The highest BCUT2D eigenvalue weighted by Crippen LogP contribution is 2.32. The molecule has 0 spiro atoms. The average Bonchev–Trinajstić information content (AvgIpc) is 2.72. The first-order valence-corrected chi connectivity index (χ1v) is 10.1. The lowest BCUT2D eigenvalue weighted by Gasteiger charge is -2.19. The van der Waals surface area contributed by atoms with Crippen LogP contribution in [0.4, 0.5) is 5.69 Å². The predicted molar refractivity (Wildman–Crippen MR) is 109 cm³/mol. The fourth-order valence-electron chi connectivity index (χ4n) is 2.58. The smallest absolute Gasteiger partial charge is 0.340 e. The molecule has 1 amide bonds. The molecule has 0 saturated heterocycles. The van der Waals surface area contributed by atoms with Gasteiger partial charge in [-0.3, -0.25) is 9.59 Å². The van der Waals surface area contributed by atoms with Gasteiger partial charge >= 0.3 is 5.97 Å². The molecule has 0 saturated carbocycles. The van der Waals surface area contributed by atoms with Gasteiger partial charge in [0.25, 0.3) is 5.91 Å². The number of thioether (sulfide) groups is 1. The summed E-state index contributed by atoms with van der Waals surface area (Å²) >= 11 is 1.26. The molecule has 2 aromatic carbocycles. The summed E-state index contributed by atoms with van der Waals surface area (Å²) in [5.41, 5.74) is 0.831. The molecule has 8 heteroatoms. The molecular formula is C21H21NO6S. The summed E-state index contributed by atoms with van der Waals surface area (Å²) in [6.07, 6.45) is -1.01. The Hall–Kier alpha value is -3.00. The maximum atomic E-state index is 12.5. The fourth-order valence-corrected chi connectivity index (χ4v) is 3.42. The fraction of sp³-hybridized carbons (Fsp3) is 0.286. The second-order valence-electron chi connectivity index (χ2n) is 6.38. The summed E-state index contributed by atoms with van der Waals surface area (Å²) in [4.78, 5) is 36.8. The van der Waals surface area contributed by atoms with E-state index in [1.165, 1.54) is 25.6 Å². The van der Waals surface area contributed by atoms with Gasteiger partial charge in [0.15, 0.2) is 17.6 Å². The van der Waals surface area contributed by atoms with Crippen LogP contribution in [0.5, 0.6) is 11.5 Å². The van der Waals surface area contributed by atoms with Crippen LogP contribution in [-0.2, 0) is 14.3 Å². The van der Waals surface area contributed by atoms with E-state index in [-0.39, 0.29) is 11.5 Å². The number of carbonyl (C=O) groups excluding carboxylic acids is 3. The van der Waals surface area contributed by atoms with Crippen molar-refractivity contribution in [3.63, 3.8) is 0 Å². The third-order valence-electron chi connectivity index (χ3n) is 4.00. The number of hydrogen-bond acceptors (Lipinski definition) is 7. The van der Waals surface area contributed by atoms with Crippen LogP contribution in [-0.4, -0.2) is 42.7 Å². The molecule has 2 aromatic rings. The van der Waals surface area contributed by atoms with Gasteiger partial charge in [-0.1, -0.05) is 12.1 Å². The number of benzene rings is 2. The Labute approximate surface area is 172 Å². The Bertz CT molecular complexity index is 929. The van der Waals surface area contributed by atoms with E-state index >= 15 is 0 Å². The molecular weight excluding hydrogens is 394 g/mol. The van der Waals surface area contributed by atoms with Gasteiger partial charge in [-0.25, -0.2) is 4.79 Å².